The van der Waals surface area contributed by atoms with Crippen molar-refractivity contribution in [3.63, 3.8) is 0 Å². The highest BCUT2D eigenvalue weighted by atomic mass is 15.0. The summed E-state index contributed by atoms with van der Waals surface area (Å²) in [6.07, 6.45) is 2.01. The Morgan fingerprint density at radius 3 is 2.78 bits per heavy atom. The van der Waals surface area contributed by atoms with Crippen LogP contribution in [0.1, 0.15) is 41.3 Å². The molecule has 1 aliphatic rings. The van der Waals surface area contributed by atoms with Crippen LogP contribution in [0.4, 0.5) is 0 Å². The van der Waals surface area contributed by atoms with E-state index in [-0.39, 0.29) is 0 Å². The number of nitrogens with one attached hydrogen (secondary N) is 2. The van der Waals surface area contributed by atoms with Crippen LogP contribution in [0.2, 0.25) is 0 Å². The summed E-state index contributed by atoms with van der Waals surface area (Å²) < 4.78 is 0. The van der Waals surface area contributed by atoms with E-state index in [0.29, 0.717) is 6.04 Å². The lowest BCUT2D eigenvalue weighted by atomic mass is 9.96. The predicted octanol–water partition coefficient (Wildman–Crippen LogP) is 2.67. The first-order valence-corrected chi connectivity index (χ1v) is 6.63. The van der Waals surface area contributed by atoms with Crippen molar-refractivity contribution in [1.82, 2.24) is 15.3 Å². The summed E-state index contributed by atoms with van der Waals surface area (Å²) >= 11 is 0. The number of hydrogen-bond acceptors (Lipinski definition) is 2. The van der Waals surface area contributed by atoms with E-state index in [9.17, 15) is 0 Å². The Balaban J connectivity index is 1.87. The topological polar surface area (TPSA) is 40.7 Å². The van der Waals surface area contributed by atoms with Crippen LogP contribution in [0.25, 0.3) is 0 Å². The van der Waals surface area contributed by atoms with Gasteiger partial charge in [-0.1, -0.05) is 31.2 Å². The van der Waals surface area contributed by atoms with Gasteiger partial charge in [0.25, 0.3) is 0 Å². The maximum Gasteiger partial charge on any atom is 0.124 e. The average Bonchev–Trinajstić information content (AvgIpc) is 2.79. The van der Waals surface area contributed by atoms with Crippen LogP contribution in [-0.2, 0) is 19.4 Å². The van der Waals surface area contributed by atoms with Crippen molar-refractivity contribution in [2.45, 2.75) is 39.3 Å². The lowest BCUT2D eigenvalue weighted by Gasteiger charge is -2.24. The number of imidazole rings is 1. The fourth-order valence-electron chi connectivity index (χ4n) is 2.68. The normalized spacial score (nSPS) is 18.7. The Labute approximate surface area is 108 Å². The number of hydrogen-bond donors (Lipinski definition) is 2. The molecule has 0 fully saturated rings. The molecule has 3 rings (SSSR count). The highest BCUT2D eigenvalue weighted by Crippen LogP contribution is 2.24. The molecule has 18 heavy (non-hydrogen) atoms. The van der Waals surface area contributed by atoms with Gasteiger partial charge in [0, 0.05) is 12.2 Å². The van der Waals surface area contributed by atoms with Gasteiger partial charge in [0.15, 0.2) is 0 Å². The van der Waals surface area contributed by atoms with E-state index in [1.165, 1.54) is 22.5 Å². The highest BCUT2D eigenvalue weighted by molar-refractivity contribution is 5.31. The molecule has 3 nitrogen and oxygen atoms in total. The minimum absolute atomic E-state index is 0.318. The minimum atomic E-state index is 0.318. The van der Waals surface area contributed by atoms with E-state index in [2.05, 4.69) is 48.4 Å². The molecule has 0 radical (unpaired) electrons. The monoisotopic (exact) mass is 241 g/mol. The first-order chi connectivity index (χ1) is 8.78. The number of aromatic nitrogens is 2. The summed E-state index contributed by atoms with van der Waals surface area (Å²) in [7, 11) is 0. The molecule has 1 aliphatic heterocycles. The molecule has 2 aromatic rings. The molecule has 1 aromatic carbocycles. The Hall–Kier alpha value is -1.61. The van der Waals surface area contributed by atoms with Crippen LogP contribution in [-0.4, -0.2) is 9.97 Å². The Morgan fingerprint density at radius 1 is 1.28 bits per heavy atom. The van der Waals surface area contributed by atoms with Gasteiger partial charge in [-0.15, -0.1) is 0 Å². The fraction of sp³-hybridized carbons (Fsp3) is 0.400. The first-order valence-electron chi connectivity index (χ1n) is 6.63. The van der Waals surface area contributed by atoms with Gasteiger partial charge >= 0.3 is 0 Å². The van der Waals surface area contributed by atoms with Crippen LogP contribution in [0, 0.1) is 6.92 Å². The van der Waals surface area contributed by atoms with Crippen LogP contribution in [0.15, 0.2) is 24.3 Å². The van der Waals surface area contributed by atoms with Crippen molar-refractivity contribution in [1.29, 1.82) is 0 Å². The highest BCUT2D eigenvalue weighted by Gasteiger charge is 2.22. The van der Waals surface area contributed by atoms with Crippen LogP contribution in [0.5, 0.6) is 0 Å². The molecule has 0 saturated carbocycles. The van der Waals surface area contributed by atoms with Gasteiger partial charge < -0.3 is 10.3 Å². The molecular formula is C15H19N3. The lowest BCUT2D eigenvalue weighted by Crippen LogP contribution is -2.29. The zero-order valence-corrected chi connectivity index (χ0v) is 11.0. The van der Waals surface area contributed by atoms with Crippen LogP contribution >= 0.6 is 0 Å². The summed E-state index contributed by atoms with van der Waals surface area (Å²) in [5.74, 6) is 1.08. The van der Waals surface area contributed by atoms with E-state index >= 15 is 0 Å². The van der Waals surface area contributed by atoms with Gasteiger partial charge in [-0.05, 0) is 30.9 Å². The molecule has 94 valence electrons. The summed E-state index contributed by atoms with van der Waals surface area (Å²) in [5.41, 5.74) is 5.24. The second-order valence-corrected chi connectivity index (χ2v) is 4.95. The lowest BCUT2D eigenvalue weighted by molar-refractivity contribution is 0.479. The van der Waals surface area contributed by atoms with E-state index in [1.54, 1.807) is 0 Å². The van der Waals surface area contributed by atoms with Gasteiger partial charge in [-0.3, -0.25) is 0 Å². The minimum Gasteiger partial charge on any atom is -0.345 e. The zero-order chi connectivity index (χ0) is 12.5. The third-order valence-corrected chi connectivity index (χ3v) is 3.75. The molecule has 0 aliphatic carbocycles. The quantitative estimate of drug-likeness (QED) is 0.848. The molecule has 3 heteroatoms. The molecular weight excluding hydrogens is 222 g/mol. The smallest absolute Gasteiger partial charge is 0.124 e. The summed E-state index contributed by atoms with van der Waals surface area (Å²) in [6.45, 7) is 5.19. The average molecular weight is 241 g/mol. The second-order valence-electron chi connectivity index (χ2n) is 4.95. The van der Waals surface area contributed by atoms with Gasteiger partial charge in [-0.25, -0.2) is 4.98 Å². The number of benzene rings is 1. The zero-order valence-electron chi connectivity index (χ0n) is 11.0. The molecule has 0 spiro atoms. The second kappa shape index (κ2) is 4.58. The third kappa shape index (κ3) is 1.95. The number of nitrogens with zero attached hydrogens (tertiary/aromatic N) is 1. The fourth-order valence-corrected chi connectivity index (χ4v) is 2.68. The maximum atomic E-state index is 4.71. The van der Waals surface area contributed by atoms with Gasteiger partial charge in [0.05, 0.1) is 11.7 Å². The van der Waals surface area contributed by atoms with E-state index < -0.39 is 0 Å². The van der Waals surface area contributed by atoms with E-state index in [1.807, 2.05) is 0 Å². The van der Waals surface area contributed by atoms with Crippen molar-refractivity contribution < 1.29 is 0 Å². The molecule has 1 unspecified atom stereocenters. The van der Waals surface area contributed by atoms with Crippen molar-refractivity contribution in [2.24, 2.45) is 0 Å². The summed E-state index contributed by atoms with van der Waals surface area (Å²) in [4.78, 5) is 8.13. The van der Waals surface area contributed by atoms with Gasteiger partial charge in [0.2, 0.25) is 0 Å². The molecule has 1 atom stereocenters. The molecule has 2 N–H and O–H groups in total. The molecule has 0 saturated heterocycles. The summed E-state index contributed by atoms with van der Waals surface area (Å²) in [6, 6.07) is 8.96. The standard InChI is InChI=1S/C15H19N3/c1-3-13-10(2)17-15(18-13)14-8-11-6-4-5-7-12(11)9-16-14/h4-7,14,16H,3,8-9H2,1-2H3,(H,17,18). The van der Waals surface area contributed by atoms with Crippen molar-refractivity contribution in [3.8, 4) is 0 Å². The Morgan fingerprint density at radius 2 is 2.06 bits per heavy atom. The third-order valence-electron chi connectivity index (χ3n) is 3.75. The number of rotatable bonds is 2. The van der Waals surface area contributed by atoms with Crippen molar-refractivity contribution in [2.75, 3.05) is 0 Å². The van der Waals surface area contributed by atoms with E-state index in [0.717, 1.165) is 25.2 Å². The summed E-state index contributed by atoms with van der Waals surface area (Å²) in [5, 5.41) is 3.56. The van der Waals surface area contributed by atoms with E-state index in [4.69, 9.17) is 4.98 Å². The maximum absolute atomic E-state index is 4.71. The van der Waals surface area contributed by atoms with Gasteiger partial charge in [0.1, 0.15) is 5.82 Å². The number of aromatic amines is 1. The number of aryl methyl sites for hydroxylation is 2. The van der Waals surface area contributed by atoms with Gasteiger partial charge in [-0.2, -0.15) is 0 Å². The number of H-pyrrole nitrogens is 1. The molecule has 2 heterocycles. The van der Waals surface area contributed by atoms with Crippen molar-refractivity contribution in [3.05, 3.63) is 52.6 Å². The predicted molar refractivity (Wildman–Crippen MR) is 72.4 cm³/mol. The Bertz CT molecular complexity index is 557. The van der Waals surface area contributed by atoms with Crippen molar-refractivity contribution >= 4 is 0 Å². The number of fused-ring (bicyclic) bond motifs is 1. The Kier molecular flexibility index (Phi) is 2.92. The van der Waals surface area contributed by atoms with Crippen LogP contribution in [0.3, 0.4) is 0 Å². The molecule has 0 amide bonds. The first kappa shape index (κ1) is 11.5. The SMILES string of the molecule is CCc1nc(C2Cc3ccccc3CN2)[nH]c1C. The molecule has 1 aromatic heterocycles. The largest absolute Gasteiger partial charge is 0.345 e. The van der Waals surface area contributed by atoms with Crippen LogP contribution < -0.4 is 5.32 Å². The molecule has 0 bridgehead atoms.